The summed E-state index contributed by atoms with van der Waals surface area (Å²) in [5.74, 6) is 1.70. The van der Waals surface area contributed by atoms with E-state index in [1.54, 1.807) is 6.20 Å². The quantitative estimate of drug-likeness (QED) is 0.803. The van der Waals surface area contributed by atoms with E-state index in [1.807, 2.05) is 42.3 Å². The van der Waals surface area contributed by atoms with Gasteiger partial charge in [0.2, 0.25) is 5.91 Å². The third-order valence-electron chi connectivity index (χ3n) is 4.64. The molecule has 1 N–H and O–H groups in total. The molecule has 0 radical (unpaired) electrons. The molecule has 2 heterocycles. The summed E-state index contributed by atoms with van der Waals surface area (Å²) in [6, 6.07) is 10.3. The lowest BCUT2D eigenvalue weighted by molar-refractivity contribution is -0.132. The Labute approximate surface area is 167 Å². The Kier molecular flexibility index (Phi) is 9.70. The van der Waals surface area contributed by atoms with E-state index in [0.29, 0.717) is 24.8 Å². The maximum absolute atomic E-state index is 12.3. The molecule has 0 bridgehead atoms. The van der Waals surface area contributed by atoms with E-state index < -0.39 is 0 Å². The zero-order chi connectivity index (χ0) is 16.8. The van der Waals surface area contributed by atoms with E-state index in [2.05, 4.69) is 10.3 Å². The Morgan fingerprint density at radius 1 is 1.23 bits per heavy atom. The number of amides is 1. The van der Waals surface area contributed by atoms with Crippen molar-refractivity contribution in [3.63, 3.8) is 0 Å². The van der Waals surface area contributed by atoms with Gasteiger partial charge in [0.15, 0.2) is 11.7 Å². The SMILES string of the molecule is CN(C(=O)CCCc1ncc(-c2ccccc2)o1)C1CCNCC1.Cl.Cl. The van der Waals surface area contributed by atoms with Gasteiger partial charge in [0.1, 0.15) is 0 Å². The number of aryl methyl sites for hydroxylation is 1. The van der Waals surface area contributed by atoms with Gasteiger partial charge in [0, 0.05) is 31.5 Å². The predicted octanol–water partition coefficient (Wildman–Crippen LogP) is 3.72. The van der Waals surface area contributed by atoms with Crippen LogP contribution in [0.3, 0.4) is 0 Å². The molecule has 0 unspecified atom stereocenters. The van der Waals surface area contributed by atoms with Crippen molar-refractivity contribution in [2.75, 3.05) is 20.1 Å². The van der Waals surface area contributed by atoms with Gasteiger partial charge in [-0.2, -0.15) is 0 Å². The number of carbonyl (C=O) groups is 1. The summed E-state index contributed by atoms with van der Waals surface area (Å²) in [4.78, 5) is 18.6. The Balaban J connectivity index is 0.00000169. The average Bonchev–Trinajstić information content (AvgIpc) is 3.11. The van der Waals surface area contributed by atoms with Gasteiger partial charge in [-0.05, 0) is 32.4 Å². The Morgan fingerprint density at radius 3 is 2.62 bits per heavy atom. The molecule has 26 heavy (non-hydrogen) atoms. The zero-order valence-corrected chi connectivity index (χ0v) is 16.7. The molecule has 0 aliphatic carbocycles. The molecular weight excluding hydrogens is 373 g/mol. The summed E-state index contributed by atoms with van der Waals surface area (Å²) in [5, 5.41) is 3.33. The standard InChI is InChI=1S/C19H25N3O2.2ClH/c1-22(16-10-12-20-13-11-16)19(23)9-5-8-18-21-14-17(24-18)15-6-3-2-4-7-15;;/h2-4,6-7,14,16,20H,5,8-13H2,1H3;2*1H. The number of halogens is 2. The molecule has 0 saturated carbocycles. The smallest absolute Gasteiger partial charge is 0.222 e. The lowest BCUT2D eigenvalue weighted by Crippen LogP contribution is -2.43. The molecular formula is C19H27Cl2N3O2. The molecule has 1 amide bonds. The number of piperidine rings is 1. The van der Waals surface area contributed by atoms with Crippen LogP contribution in [0.4, 0.5) is 0 Å². The number of nitrogens with one attached hydrogen (secondary N) is 1. The highest BCUT2D eigenvalue weighted by molar-refractivity contribution is 5.85. The minimum absolute atomic E-state index is 0. The van der Waals surface area contributed by atoms with E-state index in [4.69, 9.17) is 4.42 Å². The molecule has 1 saturated heterocycles. The highest BCUT2D eigenvalue weighted by Gasteiger charge is 2.21. The topological polar surface area (TPSA) is 58.4 Å². The molecule has 144 valence electrons. The highest BCUT2D eigenvalue weighted by Crippen LogP contribution is 2.20. The van der Waals surface area contributed by atoms with Gasteiger partial charge < -0.3 is 14.6 Å². The lowest BCUT2D eigenvalue weighted by Gasteiger charge is -2.31. The van der Waals surface area contributed by atoms with Crippen molar-refractivity contribution >= 4 is 30.7 Å². The van der Waals surface area contributed by atoms with E-state index in [0.717, 1.165) is 43.7 Å². The summed E-state index contributed by atoms with van der Waals surface area (Å²) in [6.45, 7) is 2.00. The molecule has 0 atom stereocenters. The molecule has 0 spiro atoms. The minimum Gasteiger partial charge on any atom is -0.441 e. The summed E-state index contributed by atoms with van der Waals surface area (Å²) in [6.07, 6.45) is 5.85. The fraction of sp³-hybridized carbons (Fsp3) is 0.474. The van der Waals surface area contributed by atoms with Crippen molar-refractivity contribution in [1.29, 1.82) is 0 Å². The first-order chi connectivity index (χ1) is 11.7. The first-order valence-corrected chi connectivity index (χ1v) is 8.70. The van der Waals surface area contributed by atoms with E-state index in [1.165, 1.54) is 0 Å². The third kappa shape index (κ3) is 6.01. The number of benzene rings is 1. The molecule has 1 aromatic heterocycles. The molecule has 2 aromatic rings. The van der Waals surface area contributed by atoms with Crippen LogP contribution in [0.5, 0.6) is 0 Å². The van der Waals surface area contributed by atoms with Crippen LogP contribution in [0.15, 0.2) is 40.9 Å². The zero-order valence-electron chi connectivity index (χ0n) is 15.0. The first-order valence-electron chi connectivity index (χ1n) is 8.70. The maximum Gasteiger partial charge on any atom is 0.222 e. The van der Waals surface area contributed by atoms with Gasteiger partial charge in [0.05, 0.1) is 6.20 Å². The van der Waals surface area contributed by atoms with Crippen molar-refractivity contribution in [1.82, 2.24) is 15.2 Å². The van der Waals surface area contributed by atoms with Crippen LogP contribution in [0.25, 0.3) is 11.3 Å². The van der Waals surface area contributed by atoms with Crippen molar-refractivity contribution < 1.29 is 9.21 Å². The van der Waals surface area contributed by atoms with E-state index >= 15 is 0 Å². The van der Waals surface area contributed by atoms with Crippen molar-refractivity contribution in [2.45, 2.75) is 38.1 Å². The van der Waals surface area contributed by atoms with Crippen LogP contribution in [0, 0.1) is 0 Å². The van der Waals surface area contributed by atoms with Gasteiger partial charge in [-0.3, -0.25) is 4.79 Å². The normalized spacial score (nSPS) is 14.2. The lowest BCUT2D eigenvalue weighted by atomic mass is 10.0. The largest absolute Gasteiger partial charge is 0.441 e. The number of aromatic nitrogens is 1. The van der Waals surface area contributed by atoms with Crippen molar-refractivity contribution in [2.24, 2.45) is 0 Å². The fourth-order valence-electron chi connectivity index (χ4n) is 3.13. The van der Waals surface area contributed by atoms with E-state index in [-0.39, 0.29) is 30.7 Å². The fourth-order valence-corrected chi connectivity index (χ4v) is 3.13. The number of carbonyl (C=O) groups excluding carboxylic acids is 1. The van der Waals surface area contributed by atoms with Gasteiger partial charge in [0.25, 0.3) is 0 Å². The molecule has 1 aliphatic heterocycles. The second kappa shape index (κ2) is 11.2. The van der Waals surface area contributed by atoms with Crippen LogP contribution in [-0.2, 0) is 11.2 Å². The van der Waals surface area contributed by atoms with Gasteiger partial charge in [-0.25, -0.2) is 4.98 Å². The average molecular weight is 400 g/mol. The van der Waals surface area contributed by atoms with Crippen molar-refractivity contribution in [3.8, 4) is 11.3 Å². The summed E-state index contributed by atoms with van der Waals surface area (Å²) in [5.41, 5.74) is 1.03. The number of hydrogen-bond donors (Lipinski definition) is 1. The number of hydrogen-bond acceptors (Lipinski definition) is 4. The summed E-state index contributed by atoms with van der Waals surface area (Å²) in [7, 11) is 1.93. The molecule has 7 heteroatoms. The molecule has 3 rings (SSSR count). The Hall–Kier alpha value is -1.56. The maximum atomic E-state index is 12.3. The predicted molar refractivity (Wildman–Crippen MR) is 108 cm³/mol. The number of rotatable bonds is 6. The molecule has 1 aliphatic rings. The van der Waals surface area contributed by atoms with Crippen LogP contribution < -0.4 is 5.32 Å². The second-order valence-electron chi connectivity index (χ2n) is 6.32. The Bertz CT molecular complexity index is 658. The van der Waals surface area contributed by atoms with Gasteiger partial charge in [-0.1, -0.05) is 30.3 Å². The van der Waals surface area contributed by atoms with Crippen molar-refractivity contribution in [3.05, 3.63) is 42.4 Å². The van der Waals surface area contributed by atoms with Crippen LogP contribution in [0.1, 0.15) is 31.6 Å². The number of nitrogens with zero attached hydrogens (tertiary/aromatic N) is 2. The first kappa shape index (κ1) is 22.5. The van der Waals surface area contributed by atoms with Gasteiger partial charge >= 0.3 is 0 Å². The summed E-state index contributed by atoms with van der Waals surface area (Å²) < 4.78 is 5.78. The molecule has 1 fully saturated rings. The summed E-state index contributed by atoms with van der Waals surface area (Å²) >= 11 is 0. The minimum atomic E-state index is 0. The number of oxazole rings is 1. The Morgan fingerprint density at radius 2 is 1.92 bits per heavy atom. The van der Waals surface area contributed by atoms with Crippen LogP contribution >= 0.6 is 24.8 Å². The molecule has 5 nitrogen and oxygen atoms in total. The third-order valence-corrected chi connectivity index (χ3v) is 4.64. The second-order valence-corrected chi connectivity index (χ2v) is 6.32. The van der Waals surface area contributed by atoms with E-state index in [9.17, 15) is 4.79 Å². The highest BCUT2D eigenvalue weighted by atomic mass is 35.5. The molecule has 1 aromatic carbocycles. The van der Waals surface area contributed by atoms with Crippen LogP contribution in [-0.4, -0.2) is 42.0 Å². The monoisotopic (exact) mass is 399 g/mol. The van der Waals surface area contributed by atoms with Crippen LogP contribution in [0.2, 0.25) is 0 Å². The van der Waals surface area contributed by atoms with Gasteiger partial charge in [-0.15, -0.1) is 24.8 Å².